The third kappa shape index (κ3) is 3.41. The minimum atomic E-state index is -2.38. The van der Waals surface area contributed by atoms with Crippen molar-refractivity contribution < 1.29 is 28.6 Å². The van der Waals surface area contributed by atoms with Crippen molar-refractivity contribution in [3.63, 3.8) is 0 Å². The van der Waals surface area contributed by atoms with Crippen molar-refractivity contribution in [1.82, 2.24) is 4.90 Å². The number of carbonyl (C=O) groups is 3. The standard InChI is InChI=1S/C17H21NO6/c1-3-22-15(20)17(16(21)23-4-2)14(19)18(10-11-24-17)12-13-8-6-5-7-9-13/h5-9H,3-4,10-12H2,1-2H3. The van der Waals surface area contributed by atoms with Crippen LogP contribution in [0.4, 0.5) is 0 Å². The van der Waals surface area contributed by atoms with Gasteiger partial charge in [0.15, 0.2) is 0 Å². The van der Waals surface area contributed by atoms with Gasteiger partial charge in [0.25, 0.3) is 5.91 Å². The van der Waals surface area contributed by atoms with Gasteiger partial charge in [-0.15, -0.1) is 0 Å². The van der Waals surface area contributed by atoms with Gasteiger partial charge in [0.2, 0.25) is 0 Å². The van der Waals surface area contributed by atoms with Crippen LogP contribution in [-0.2, 0) is 35.1 Å². The third-order valence-corrected chi connectivity index (χ3v) is 3.61. The van der Waals surface area contributed by atoms with Gasteiger partial charge in [-0.25, -0.2) is 9.59 Å². The topological polar surface area (TPSA) is 82.1 Å². The molecule has 0 radical (unpaired) electrons. The van der Waals surface area contributed by atoms with Crippen LogP contribution in [0.1, 0.15) is 19.4 Å². The smallest absolute Gasteiger partial charge is 0.360 e. The van der Waals surface area contributed by atoms with Crippen molar-refractivity contribution in [3.8, 4) is 0 Å². The molecule has 0 spiro atoms. The highest BCUT2D eigenvalue weighted by Crippen LogP contribution is 2.25. The molecule has 1 saturated heterocycles. The molecule has 7 heteroatoms. The highest BCUT2D eigenvalue weighted by molar-refractivity contribution is 6.23. The second kappa shape index (κ2) is 7.92. The summed E-state index contributed by atoms with van der Waals surface area (Å²) in [7, 11) is 0. The van der Waals surface area contributed by atoms with Crippen molar-refractivity contribution >= 4 is 17.8 Å². The van der Waals surface area contributed by atoms with E-state index in [0.29, 0.717) is 0 Å². The number of rotatable bonds is 6. The molecule has 1 aliphatic heterocycles. The first-order valence-electron chi connectivity index (χ1n) is 7.88. The molecule has 1 aromatic rings. The molecule has 0 atom stereocenters. The molecule has 1 aliphatic rings. The largest absolute Gasteiger partial charge is 0.463 e. The number of carbonyl (C=O) groups excluding carboxylic acids is 3. The van der Waals surface area contributed by atoms with Gasteiger partial charge in [-0.1, -0.05) is 30.3 Å². The van der Waals surface area contributed by atoms with Gasteiger partial charge in [0.1, 0.15) is 0 Å². The number of esters is 2. The van der Waals surface area contributed by atoms with Gasteiger partial charge in [0.05, 0.1) is 19.8 Å². The lowest BCUT2D eigenvalue weighted by molar-refractivity contribution is -0.204. The van der Waals surface area contributed by atoms with E-state index in [0.717, 1.165) is 5.56 Å². The van der Waals surface area contributed by atoms with E-state index in [1.807, 2.05) is 30.3 Å². The fourth-order valence-electron chi connectivity index (χ4n) is 2.49. The van der Waals surface area contributed by atoms with Crippen molar-refractivity contribution in [2.75, 3.05) is 26.4 Å². The van der Waals surface area contributed by atoms with Gasteiger partial charge in [-0.05, 0) is 19.4 Å². The van der Waals surface area contributed by atoms with Crippen molar-refractivity contribution in [1.29, 1.82) is 0 Å². The van der Waals surface area contributed by atoms with Crippen LogP contribution in [0.25, 0.3) is 0 Å². The van der Waals surface area contributed by atoms with E-state index in [4.69, 9.17) is 14.2 Å². The molecule has 130 valence electrons. The van der Waals surface area contributed by atoms with E-state index in [9.17, 15) is 14.4 Å². The van der Waals surface area contributed by atoms with Crippen molar-refractivity contribution in [2.45, 2.75) is 26.0 Å². The van der Waals surface area contributed by atoms with Crippen LogP contribution in [0.15, 0.2) is 30.3 Å². The predicted molar refractivity (Wildman–Crippen MR) is 83.8 cm³/mol. The van der Waals surface area contributed by atoms with Crippen LogP contribution in [0, 0.1) is 0 Å². The SMILES string of the molecule is CCOC(=O)C1(C(=O)OCC)OCCN(Cc2ccccc2)C1=O. The van der Waals surface area contributed by atoms with Gasteiger partial charge >= 0.3 is 17.5 Å². The maximum Gasteiger partial charge on any atom is 0.360 e. The maximum atomic E-state index is 12.9. The Morgan fingerprint density at radius 3 is 2.25 bits per heavy atom. The summed E-state index contributed by atoms with van der Waals surface area (Å²) in [6, 6.07) is 9.29. The molecule has 24 heavy (non-hydrogen) atoms. The summed E-state index contributed by atoms with van der Waals surface area (Å²) in [5, 5.41) is 0. The molecular weight excluding hydrogens is 314 g/mol. The molecule has 1 aromatic carbocycles. The fraction of sp³-hybridized carbons (Fsp3) is 0.471. The van der Waals surface area contributed by atoms with E-state index in [1.54, 1.807) is 13.8 Å². The Kier molecular flexibility index (Phi) is 5.92. The van der Waals surface area contributed by atoms with E-state index >= 15 is 0 Å². The average Bonchev–Trinajstić information content (AvgIpc) is 2.58. The number of amides is 1. The van der Waals surface area contributed by atoms with Gasteiger partial charge in [0, 0.05) is 13.1 Å². The first-order valence-corrected chi connectivity index (χ1v) is 7.88. The summed E-state index contributed by atoms with van der Waals surface area (Å²) in [6.07, 6.45) is 0. The average molecular weight is 335 g/mol. The van der Waals surface area contributed by atoms with Crippen LogP contribution in [0.2, 0.25) is 0 Å². The number of hydrogen-bond donors (Lipinski definition) is 0. The van der Waals surface area contributed by atoms with Crippen LogP contribution >= 0.6 is 0 Å². The monoisotopic (exact) mass is 335 g/mol. The lowest BCUT2D eigenvalue weighted by Crippen LogP contribution is -2.65. The molecule has 0 N–H and O–H groups in total. The highest BCUT2D eigenvalue weighted by Gasteiger charge is 2.61. The maximum absolute atomic E-state index is 12.9. The zero-order chi connectivity index (χ0) is 17.6. The Morgan fingerprint density at radius 1 is 1.12 bits per heavy atom. The van der Waals surface area contributed by atoms with Gasteiger partial charge < -0.3 is 19.1 Å². The summed E-state index contributed by atoms with van der Waals surface area (Å²) >= 11 is 0. The molecule has 1 fully saturated rings. The van der Waals surface area contributed by atoms with Crippen LogP contribution in [0.5, 0.6) is 0 Å². The molecule has 0 unspecified atom stereocenters. The van der Waals surface area contributed by atoms with Crippen molar-refractivity contribution in [3.05, 3.63) is 35.9 Å². The molecule has 1 amide bonds. The fourth-order valence-corrected chi connectivity index (χ4v) is 2.49. The number of nitrogens with zero attached hydrogens (tertiary/aromatic N) is 1. The van der Waals surface area contributed by atoms with Gasteiger partial charge in [-0.2, -0.15) is 0 Å². The Hall–Kier alpha value is -2.41. The highest BCUT2D eigenvalue weighted by atomic mass is 16.6. The number of morpholine rings is 1. The Balaban J connectivity index is 2.30. The summed E-state index contributed by atoms with van der Waals surface area (Å²) in [5.41, 5.74) is -1.49. The number of ether oxygens (including phenoxy) is 3. The second-order valence-electron chi connectivity index (χ2n) is 5.18. The molecule has 0 aliphatic carbocycles. The lowest BCUT2D eigenvalue weighted by atomic mass is 9.99. The van der Waals surface area contributed by atoms with Crippen molar-refractivity contribution in [2.24, 2.45) is 0 Å². The zero-order valence-corrected chi connectivity index (χ0v) is 13.8. The second-order valence-corrected chi connectivity index (χ2v) is 5.18. The van der Waals surface area contributed by atoms with Crippen LogP contribution in [0.3, 0.4) is 0 Å². The Bertz CT molecular complexity index is 582. The molecular formula is C17H21NO6. The molecule has 7 nitrogen and oxygen atoms in total. The third-order valence-electron chi connectivity index (χ3n) is 3.61. The van der Waals surface area contributed by atoms with Gasteiger partial charge in [-0.3, -0.25) is 4.79 Å². The Morgan fingerprint density at radius 2 is 1.71 bits per heavy atom. The molecule has 0 aromatic heterocycles. The van der Waals surface area contributed by atoms with E-state index < -0.39 is 23.4 Å². The minimum absolute atomic E-state index is 0.0231. The summed E-state index contributed by atoms with van der Waals surface area (Å²) in [6.45, 7) is 3.80. The first-order chi connectivity index (χ1) is 11.6. The molecule has 0 bridgehead atoms. The lowest BCUT2D eigenvalue weighted by Gasteiger charge is -2.37. The Labute approximate surface area is 140 Å². The first kappa shape index (κ1) is 17.9. The number of hydrogen-bond acceptors (Lipinski definition) is 6. The van der Waals surface area contributed by atoms with Crippen LogP contribution < -0.4 is 0 Å². The quantitative estimate of drug-likeness (QED) is 0.568. The summed E-state index contributed by atoms with van der Waals surface area (Å²) in [4.78, 5) is 39.0. The molecule has 1 heterocycles. The van der Waals surface area contributed by atoms with E-state index in [-0.39, 0.29) is 32.9 Å². The van der Waals surface area contributed by atoms with E-state index in [1.165, 1.54) is 4.90 Å². The molecule has 2 rings (SSSR count). The summed E-state index contributed by atoms with van der Waals surface area (Å²) in [5.74, 6) is -2.83. The predicted octanol–water partition coefficient (Wildman–Crippen LogP) is 0.910. The zero-order valence-electron chi connectivity index (χ0n) is 13.8. The minimum Gasteiger partial charge on any atom is -0.463 e. The normalized spacial score (nSPS) is 16.6. The number of benzene rings is 1. The van der Waals surface area contributed by atoms with Crippen LogP contribution in [-0.4, -0.2) is 54.7 Å². The summed E-state index contributed by atoms with van der Waals surface area (Å²) < 4.78 is 15.2. The molecule has 0 saturated carbocycles. The van der Waals surface area contributed by atoms with E-state index in [2.05, 4.69) is 0 Å².